The molecule has 8 heteroatoms. The minimum atomic E-state index is -0.364. The SMILES string of the molecule is COc1ccc(Cn2cnc3c(Cl)c(C(=O)Nc4ccc(Cl)cc4)cnc32)cc1. The number of fused-ring (bicyclic) bond motifs is 1. The van der Waals surface area contributed by atoms with Crippen molar-refractivity contribution in [1.82, 2.24) is 14.5 Å². The quantitative estimate of drug-likeness (QED) is 0.484. The van der Waals surface area contributed by atoms with Crippen molar-refractivity contribution in [3.05, 3.63) is 82.2 Å². The van der Waals surface area contributed by atoms with Crippen LogP contribution in [0.2, 0.25) is 10.0 Å². The molecule has 0 saturated carbocycles. The van der Waals surface area contributed by atoms with Crippen molar-refractivity contribution in [2.24, 2.45) is 0 Å². The molecule has 2 aromatic carbocycles. The molecule has 2 aromatic heterocycles. The summed E-state index contributed by atoms with van der Waals surface area (Å²) in [6.07, 6.45) is 3.12. The van der Waals surface area contributed by atoms with E-state index in [2.05, 4.69) is 15.3 Å². The first-order valence-corrected chi connectivity index (χ1v) is 9.50. The summed E-state index contributed by atoms with van der Waals surface area (Å²) in [5.74, 6) is 0.429. The number of carbonyl (C=O) groups is 1. The van der Waals surface area contributed by atoms with Crippen LogP contribution < -0.4 is 10.1 Å². The van der Waals surface area contributed by atoms with Gasteiger partial charge in [0.25, 0.3) is 5.91 Å². The normalized spacial score (nSPS) is 10.9. The number of imidazole rings is 1. The second kappa shape index (κ2) is 8.11. The third kappa shape index (κ3) is 4.04. The maximum Gasteiger partial charge on any atom is 0.258 e. The van der Waals surface area contributed by atoms with Crippen LogP contribution in [0.4, 0.5) is 5.69 Å². The zero-order valence-corrected chi connectivity index (χ0v) is 16.9. The average Bonchev–Trinajstić information content (AvgIpc) is 3.14. The van der Waals surface area contributed by atoms with Gasteiger partial charge in [0.2, 0.25) is 0 Å². The molecule has 0 radical (unpaired) electrons. The van der Waals surface area contributed by atoms with E-state index in [1.165, 1.54) is 6.20 Å². The summed E-state index contributed by atoms with van der Waals surface area (Å²) in [4.78, 5) is 21.4. The number of halogens is 2. The van der Waals surface area contributed by atoms with Gasteiger partial charge in [0, 0.05) is 16.9 Å². The maximum absolute atomic E-state index is 12.6. The summed E-state index contributed by atoms with van der Waals surface area (Å²) in [6, 6.07) is 14.6. The van der Waals surface area contributed by atoms with Crippen molar-refractivity contribution in [3.63, 3.8) is 0 Å². The van der Waals surface area contributed by atoms with Gasteiger partial charge in [-0.3, -0.25) is 4.79 Å². The fourth-order valence-electron chi connectivity index (χ4n) is 2.91. The number of anilines is 1. The third-order valence-electron chi connectivity index (χ3n) is 4.43. The number of nitrogens with zero attached hydrogens (tertiary/aromatic N) is 3. The first kappa shape index (κ1) is 19.2. The van der Waals surface area contributed by atoms with Gasteiger partial charge in [-0.25, -0.2) is 9.97 Å². The summed E-state index contributed by atoms with van der Waals surface area (Å²) < 4.78 is 7.06. The number of methoxy groups -OCH3 is 1. The summed E-state index contributed by atoms with van der Waals surface area (Å²) >= 11 is 12.3. The molecule has 0 bridgehead atoms. The van der Waals surface area contributed by atoms with Crippen molar-refractivity contribution in [2.75, 3.05) is 12.4 Å². The lowest BCUT2D eigenvalue weighted by atomic mass is 10.2. The minimum Gasteiger partial charge on any atom is -0.497 e. The summed E-state index contributed by atoms with van der Waals surface area (Å²) in [5.41, 5.74) is 3.01. The molecule has 6 nitrogen and oxygen atoms in total. The van der Waals surface area contributed by atoms with Crippen LogP contribution >= 0.6 is 23.2 Å². The Kier molecular flexibility index (Phi) is 5.38. The molecule has 4 rings (SSSR count). The zero-order valence-electron chi connectivity index (χ0n) is 15.4. The van der Waals surface area contributed by atoms with E-state index in [1.54, 1.807) is 37.7 Å². The van der Waals surface area contributed by atoms with E-state index in [0.29, 0.717) is 28.4 Å². The van der Waals surface area contributed by atoms with Crippen LogP contribution in [0.15, 0.2) is 61.1 Å². The first-order chi connectivity index (χ1) is 14.0. The molecule has 0 spiro atoms. The molecule has 146 valence electrons. The Bertz CT molecular complexity index is 1170. The molecule has 1 N–H and O–H groups in total. The number of aromatic nitrogens is 3. The van der Waals surface area contributed by atoms with Gasteiger partial charge in [-0.2, -0.15) is 0 Å². The maximum atomic E-state index is 12.6. The van der Waals surface area contributed by atoms with Crippen LogP contribution in [0.5, 0.6) is 5.75 Å². The van der Waals surface area contributed by atoms with E-state index in [-0.39, 0.29) is 16.5 Å². The van der Waals surface area contributed by atoms with Crippen LogP contribution in [0, 0.1) is 0 Å². The van der Waals surface area contributed by atoms with Crippen molar-refractivity contribution >= 4 is 46.0 Å². The molecule has 0 aliphatic carbocycles. The topological polar surface area (TPSA) is 69.0 Å². The number of ether oxygens (including phenoxy) is 1. The molecule has 0 atom stereocenters. The van der Waals surface area contributed by atoms with E-state index in [4.69, 9.17) is 27.9 Å². The molecule has 0 aliphatic heterocycles. The number of carbonyl (C=O) groups excluding carboxylic acids is 1. The number of hydrogen-bond acceptors (Lipinski definition) is 4. The van der Waals surface area contributed by atoms with Crippen LogP contribution in [0.25, 0.3) is 11.2 Å². The molecular formula is C21H16Cl2N4O2. The largest absolute Gasteiger partial charge is 0.497 e. The first-order valence-electron chi connectivity index (χ1n) is 8.74. The standard InChI is InChI=1S/C21H16Cl2N4O2/c1-29-16-8-2-13(3-9-16)11-27-12-25-19-18(23)17(10-24-20(19)27)21(28)26-15-6-4-14(22)5-7-15/h2-10,12H,11H2,1H3,(H,26,28). The van der Waals surface area contributed by atoms with Crippen molar-refractivity contribution in [1.29, 1.82) is 0 Å². The molecule has 0 fully saturated rings. The number of pyridine rings is 1. The van der Waals surface area contributed by atoms with Crippen LogP contribution in [0.1, 0.15) is 15.9 Å². The molecule has 4 aromatic rings. The second-order valence-corrected chi connectivity index (χ2v) is 7.15. The monoisotopic (exact) mass is 426 g/mol. The summed E-state index contributed by atoms with van der Waals surface area (Å²) in [7, 11) is 1.63. The lowest BCUT2D eigenvalue weighted by molar-refractivity contribution is 0.102. The highest BCUT2D eigenvalue weighted by atomic mass is 35.5. The number of nitrogens with one attached hydrogen (secondary N) is 1. The van der Waals surface area contributed by atoms with E-state index in [9.17, 15) is 4.79 Å². The second-order valence-electron chi connectivity index (χ2n) is 6.34. The highest BCUT2D eigenvalue weighted by molar-refractivity contribution is 6.38. The number of hydrogen-bond donors (Lipinski definition) is 1. The van der Waals surface area contributed by atoms with Gasteiger partial charge in [-0.05, 0) is 42.0 Å². The Balaban J connectivity index is 1.59. The summed E-state index contributed by atoms with van der Waals surface area (Å²) in [6.45, 7) is 0.570. The van der Waals surface area contributed by atoms with Gasteiger partial charge in [0.15, 0.2) is 5.65 Å². The molecule has 0 aliphatic rings. The van der Waals surface area contributed by atoms with E-state index in [1.807, 2.05) is 28.8 Å². The predicted octanol–water partition coefficient (Wildman–Crippen LogP) is 5.05. The molecule has 0 saturated heterocycles. The molecule has 1 amide bonds. The van der Waals surface area contributed by atoms with Crippen LogP contribution in [0.3, 0.4) is 0 Å². The van der Waals surface area contributed by atoms with Crippen LogP contribution in [-0.4, -0.2) is 27.6 Å². The highest BCUT2D eigenvalue weighted by Crippen LogP contribution is 2.26. The highest BCUT2D eigenvalue weighted by Gasteiger charge is 2.17. The average molecular weight is 427 g/mol. The molecule has 29 heavy (non-hydrogen) atoms. The molecular weight excluding hydrogens is 411 g/mol. The van der Waals surface area contributed by atoms with Gasteiger partial charge in [-0.1, -0.05) is 35.3 Å². The molecule has 2 heterocycles. The lowest BCUT2D eigenvalue weighted by Crippen LogP contribution is -2.13. The number of benzene rings is 2. The van der Waals surface area contributed by atoms with Gasteiger partial charge < -0.3 is 14.6 Å². The van der Waals surface area contributed by atoms with Gasteiger partial charge in [0.05, 0.1) is 30.6 Å². The third-order valence-corrected chi connectivity index (χ3v) is 5.06. The lowest BCUT2D eigenvalue weighted by Gasteiger charge is -2.08. The Morgan fingerprint density at radius 2 is 1.79 bits per heavy atom. The van der Waals surface area contributed by atoms with Gasteiger partial charge >= 0.3 is 0 Å². The Labute approximate surface area is 177 Å². The predicted molar refractivity (Wildman–Crippen MR) is 114 cm³/mol. The van der Waals surface area contributed by atoms with Crippen molar-refractivity contribution in [2.45, 2.75) is 6.54 Å². The zero-order chi connectivity index (χ0) is 20.4. The van der Waals surface area contributed by atoms with Crippen molar-refractivity contribution < 1.29 is 9.53 Å². The van der Waals surface area contributed by atoms with Crippen molar-refractivity contribution in [3.8, 4) is 5.75 Å². The fourth-order valence-corrected chi connectivity index (χ4v) is 3.30. The smallest absolute Gasteiger partial charge is 0.258 e. The van der Waals surface area contributed by atoms with E-state index >= 15 is 0 Å². The Morgan fingerprint density at radius 1 is 1.07 bits per heavy atom. The Hall–Kier alpha value is -3.09. The van der Waals surface area contributed by atoms with E-state index in [0.717, 1.165) is 11.3 Å². The Morgan fingerprint density at radius 3 is 2.48 bits per heavy atom. The number of rotatable bonds is 5. The number of amides is 1. The van der Waals surface area contributed by atoms with Crippen LogP contribution in [-0.2, 0) is 6.54 Å². The minimum absolute atomic E-state index is 0.254. The fraction of sp³-hybridized carbons (Fsp3) is 0.0952. The summed E-state index contributed by atoms with van der Waals surface area (Å²) in [5, 5.41) is 3.63. The van der Waals surface area contributed by atoms with Gasteiger partial charge in [0.1, 0.15) is 11.3 Å². The van der Waals surface area contributed by atoms with Gasteiger partial charge in [-0.15, -0.1) is 0 Å². The van der Waals surface area contributed by atoms with E-state index < -0.39 is 0 Å². The molecule has 0 unspecified atom stereocenters.